The highest BCUT2D eigenvalue weighted by Crippen LogP contribution is 2.23. The lowest BCUT2D eigenvalue weighted by molar-refractivity contribution is 0.462. The van der Waals surface area contributed by atoms with Crippen LogP contribution in [0.3, 0.4) is 0 Å². The van der Waals surface area contributed by atoms with Crippen molar-refractivity contribution in [2.45, 2.75) is 0 Å². The van der Waals surface area contributed by atoms with Crippen LogP contribution in [0.15, 0.2) is 0 Å². The number of rotatable bonds is 0. The Morgan fingerprint density at radius 1 is 2.00 bits per heavy atom. The van der Waals surface area contributed by atoms with Gasteiger partial charge < -0.3 is 4.18 Å². The minimum absolute atomic E-state index is 0.826. The monoisotopic (exact) mass is 106 g/mol. The van der Waals surface area contributed by atoms with Gasteiger partial charge >= 0.3 is 0 Å². The van der Waals surface area contributed by atoms with E-state index in [-0.39, 0.29) is 0 Å². The van der Waals surface area contributed by atoms with Crippen LogP contribution in [0.2, 0.25) is 0 Å². The molecule has 0 aromatic rings. The maximum absolute atomic E-state index is 4.79. The summed E-state index contributed by atoms with van der Waals surface area (Å²) in [7, 11) is 1.26. The normalized spacial score (nSPS) is 24.0. The second kappa shape index (κ2) is 1.81. The molecule has 0 saturated carbocycles. The Balaban J connectivity index is 2.32. The van der Waals surface area contributed by atoms with Crippen molar-refractivity contribution in [2.24, 2.45) is 0 Å². The lowest BCUT2D eigenvalue weighted by atomic mass is 10.9. The Kier molecular flexibility index (Phi) is 1.32. The molecule has 0 fully saturated rings. The van der Waals surface area contributed by atoms with Gasteiger partial charge in [0, 0.05) is 0 Å². The van der Waals surface area contributed by atoms with E-state index in [1.165, 1.54) is 19.1 Å². The van der Waals surface area contributed by atoms with Crippen molar-refractivity contribution in [2.75, 3.05) is 6.61 Å². The summed E-state index contributed by atoms with van der Waals surface area (Å²) >= 11 is 1.49. The summed E-state index contributed by atoms with van der Waals surface area (Å²) in [4.78, 5) is 0. The Bertz CT molecular complexity index is 47.6. The van der Waals surface area contributed by atoms with Crippen molar-refractivity contribution in [1.29, 1.82) is 0 Å². The lowest BCUT2D eigenvalue weighted by Crippen LogP contribution is -1.72. The molecular weight excluding hydrogens is 103 g/mol. The predicted octanol–water partition coefficient (Wildman–Crippen LogP) is 1.33. The van der Waals surface area contributed by atoms with E-state index in [1.54, 1.807) is 0 Å². The minimum Gasteiger partial charge on any atom is -0.302 e. The lowest BCUT2D eigenvalue weighted by Gasteiger charge is -1.74. The Labute approximate surface area is 36.5 Å². The summed E-state index contributed by atoms with van der Waals surface area (Å²) < 4.78 is 4.79. The van der Waals surface area contributed by atoms with Crippen LogP contribution in [0.1, 0.15) is 0 Å². The molecule has 1 rings (SSSR count). The van der Waals surface area contributed by atoms with E-state index in [1.807, 2.05) is 0 Å². The highest BCUT2D eigenvalue weighted by molar-refractivity contribution is 8.46. The fourth-order valence-corrected chi connectivity index (χ4v) is 1.37. The molecule has 1 aliphatic heterocycles. The SMILES string of the molecule is C1=PSOC1. The Morgan fingerprint density at radius 2 is 3.00 bits per heavy atom. The van der Waals surface area contributed by atoms with E-state index in [9.17, 15) is 0 Å². The highest BCUT2D eigenvalue weighted by atomic mass is 32.7. The minimum atomic E-state index is 0.826. The number of hydrogen-bond donors (Lipinski definition) is 0. The van der Waals surface area contributed by atoms with Gasteiger partial charge in [-0.25, -0.2) is 0 Å². The Morgan fingerprint density at radius 3 is 3.20 bits per heavy atom. The summed E-state index contributed by atoms with van der Waals surface area (Å²) in [5, 5.41) is 0. The molecule has 0 aromatic carbocycles. The van der Waals surface area contributed by atoms with Gasteiger partial charge in [-0.05, 0) is 13.2 Å². The molecule has 5 heavy (non-hydrogen) atoms. The molecule has 0 atom stereocenters. The molecular formula is C2H3OPS. The fraction of sp³-hybridized carbons (Fsp3) is 0.500. The van der Waals surface area contributed by atoms with Crippen molar-refractivity contribution in [3.05, 3.63) is 0 Å². The molecule has 0 aliphatic carbocycles. The zero-order chi connectivity index (χ0) is 3.54. The Hall–Kier alpha value is 0.480. The molecule has 0 bridgehead atoms. The van der Waals surface area contributed by atoms with Crippen LogP contribution in [0.5, 0.6) is 0 Å². The predicted molar refractivity (Wildman–Crippen MR) is 26.5 cm³/mol. The third-order valence-electron chi connectivity index (χ3n) is 0.313. The van der Waals surface area contributed by atoms with Crippen LogP contribution in [0.25, 0.3) is 0 Å². The third kappa shape index (κ3) is 0.918. The summed E-state index contributed by atoms with van der Waals surface area (Å²) in [6.45, 7) is 0.826. The fourth-order valence-electron chi connectivity index (χ4n) is 0.152. The van der Waals surface area contributed by atoms with Gasteiger partial charge in [0.1, 0.15) is 0 Å². The van der Waals surface area contributed by atoms with Gasteiger partial charge in [-0.1, -0.05) is 0 Å². The molecule has 28 valence electrons. The van der Waals surface area contributed by atoms with Crippen LogP contribution in [-0.2, 0) is 4.18 Å². The highest BCUT2D eigenvalue weighted by Gasteiger charge is 1.86. The summed E-state index contributed by atoms with van der Waals surface area (Å²) in [6.07, 6.45) is 0. The van der Waals surface area contributed by atoms with Gasteiger partial charge in [0.2, 0.25) is 0 Å². The van der Waals surface area contributed by atoms with Crippen LogP contribution < -0.4 is 0 Å². The van der Waals surface area contributed by atoms with Crippen molar-refractivity contribution in [1.82, 2.24) is 0 Å². The third-order valence-corrected chi connectivity index (χ3v) is 1.96. The molecule has 0 saturated heterocycles. The van der Waals surface area contributed by atoms with E-state index in [0.717, 1.165) is 6.61 Å². The standard InChI is InChI=1S/C2H3OPS/c1-2-4-5-3-1/h2H,1H2. The second-order valence-electron chi connectivity index (χ2n) is 0.647. The topological polar surface area (TPSA) is 9.23 Å². The van der Waals surface area contributed by atoms with E-state index in [2.05, 4.69) is 5.80 Å². The summed E-state index contributed by atoms with van der Waals surface area (Å²) in [6, 6.07) is 0. The zero-order valence-corrected chi connectivity index (χ0v) is 4.26. The van der Waals surface area contributed by atoms with Gasteiger partial charge in [0.05, 0.1) is 18.3 Å². The average molecular weight is 106 g/mol. The first-order chi connectivity index (χ1) is 2.50. The van der Waals surface area contributed by atoms with Gasteiger partial charge in [0.15, 0.2) is 0 Å². The molecule has 0 aromatic heterocycles. The molecule has 0 radical (unpaired) electrons. The first kappa shape index (κ1) is 3.66. The zero-order valence-electron chi connectivity index (χ0n) is 2.55. The summed E-state index contributed by atoms with van der Waals surface area (Å²) in [5.41, 5.74) is 0. The van der Waals surface area contributed by atoms with Crippen molar-refractivity contribution >= 4 is 24.9 Å². The van der Waals surface area contributed by atoms with Crippen LogP contribution in [0, 0.1) is 0 Å². The molecule has 3 heteroatoms. The smallest absolute Gasteiger partial charge is 0.0854 e. The van der Waals surface area contributed by atoms with Gasteiger partial charge in [-0.15, -0.1) is 0 Å². The summed E-state index contributed by atoms with van der Waals surface area (Å²) in [5.74, 6) is 2.07. The van der Waals surface area contributed by atoms with Crippen molar-refractivity contribution in [3.63, 3.8) is 0 Å². The first-order valence-electron chi connectivity index (χ1n) is 1.30. The number of hydrogen-bond acceptors (Lipinski definition) is 2. The molecule has 0 spiro atoms. The van der Waals surface area contributed by atoms with Crippen LogP contribution >= 0.6 is 19.1 Å². The quantitative estimate of drug-likeness (QED) is 0.340. The van der Waals surface area contributed by atoms with Gasteiger partial charge in [-0.2, -0.15) is 0 Å². The molecule has 0 N–H and O–H groups in total. The van der Waals surface area contributed by atoms with E-state index >= 15 is 0 Å². The van der Waals surface area contributed by atoms with Crippen LogP contribution in [-0.4, -0.2) is 12.4 Å². The first-order valence-corrected chi connectivity index (χ1v) is 3.61. The molecule has 1 aliphatic rings. The average Bonchev–Trinajstić information content (AvgIpc) is 1.76. The van der Waals surface area contributed by atoms with Crippen LogP contribution in [0.4, 0.5) is 0 Å². The second-order valence-corrected chi connectivity index (χ2v) is 2.69. The maximum Gasteiger partial charge on any atom is 0.0854 e. The van der Waals surface area contributed by atoms with E-state index < -0.39 is 0 Å². The molecule has 1 nitrogen and oxygen atoms in total. The maximum atomic E-state index is 4.79. The van der Waals surface area contributed by atoms with E-state index in [4.69, 9.17) is 4.18 Å². The van der Waals surface area contributed by atoms with Crippen molar-refractivity contribution < 1.29 is 4.18 Å². The van der Waals surface area contributed by atoms with E-state index in [0.29, 0.717) is 0 Å². The molecule has 0 amide bonds. The van der Waals surface area contributed by atoms with Crippen molar-refractivity contribution in [3.8, 4) is 0 Å². The van der Waals surface area contributed by atoms with Gasteiger partial charge in [-0.3, -0.25) is 0 Å². The molecule has 1 heterocycles. The molecule has 0 unspecified atom stereocenters. The van der Waals surface area contributed by atoms with Gasteiger partial charge in [0.25, 0.3) is 0 Å². The largest absolute Gasteiger partial charge is 0.302 e.